The van der Waals surface area contributed by atoms with Gasteiger partial charge in [-0.2, -0.15) is 15.1 Å². The lowest BCUT2D eigenvalue weighted by atomic mass is 9.94. The van der Waals surface area contributed by atoms with Crippen molar-refractivity contribution in [1.82, 2.24) is 24.5 Å². The van der Waals surface area contributed by atoms with Crippen molar-refractivity contribution in [2.75, 3.05) is 51.3 Å². The first-order chi connectivity index (χ1) is 22.1. The van der Waals surface area contributed by atoms with Gasteiger partial charge in [-0.05, 0) is 111 Å². The quantitative estimate of drug-likeness (QED) is 0.178. The molecule has 1 aliphatic carbocycles. The molecular weight excluding hydrogens is 567 g/mol. The molecule has 0 bridgehead atoms. The van der Waals surface area contributed by atoms with Crippen molar-refractivity contribution in [2.45, 2.75) is 58.3 Å². The third kappa shape index (κ3) is 5.15. The summed E-state index contributed by atoms with van der Waals surface area (Å²) in [4.78, 5) is 15.1. The molecule has 2 aliphatic heterocycles. The Kier molecular flexibility index (Phi) is 7.24. The van der Waals surface area contributed by atoms with Crippen molar-refractivity contribution in [3.8, 4) is 23.0 Å². The Labute approximate surface area is 263 Å². The predicted octanol–water partition coefficient (Wildman–Crippen LogP) is 7.05. The van der Waals surface area contributed by atoms with E-state index < -0.39 is 0 Å². The summed E-state index contributed by atoms with van der Waals surface area (Å²) in [6.45, 7) is 8.02. The minimum atomic E-state index is -0.206. The van der Waals surface area contributed by atoms with Gasteiger partial charge < -0.3 is 19.3 Å². The molecule has 0 unspecified atom stereocenters. The summed E-state index contributed by atoms with van der Waals surface area (Å²) < 4.78 is 29.4. The second kappa shape index (κ2) is 11.4. The van der Waals surface area contributed by atoms with Crippen LogP contribution in [0.25, 0.3) is 38.4 Å². The molecule has 0 spiro atoms. The highest BCUT2D eigenvalue weighted by molar-refractivity contribution is 6.06. The van der Waals surface area contributed by atoms with Gasteiger partial charge in [-0.3, -0.25) is 0 Å². The van der Waals surface area contributed by atoms with Crippen LogP contribution in [0.2, 0.25) is 0 Å². The van der Waals surface area contributed by atoms with Crippen LogP contribution in [0, 0.1) is 11.2 Å². The topological polar surface area (TPSA) is 68.0 Å². The van der Waals surface area contributed by atoms with Crippen molar-refractivity contribution in [2.24, 2.45) is 5.41 Å². The molecular formula is C36H41FN6O2. The van der Waals surface area contributed by atoms with E-state index in [4.69, 9.17) is 24.5 Å². The van der Waals surface area contributed by atoms with Gasteiger partial charge in [0.1, 0.15) is 17.4 Å². The first-order valence-electron chi connectivity index (χ1n) is 16.6. The fourth-order valence-electron chi connectivity index (χ4n) is 7.57. The number of pyridine rings is 1. The van der Waals surface area contributed by atoms with Gasteiger partial charge in [-0.25, -0.2) is 8.91 Å². The van der Waals surface area contributed by atoms with Crippen molar-refractivity contribution in [3.63, 3.8) is 0 Å². The number of aromatic nitrogens is 4. The first kappa shape index (κ1) is 28.5. The largest absolute Gasteiger partial charge is 0.497 e. The first-order valence-corrected chi connectivity index (χ1v) is 16.6. The van der Waals surface area contributed by atoms with E-state index in [0.717, 1.165) is 76.7 Å². The average molecular weight is 609 g/mol. The number of rotatable bonds is 9. The molecule has 8 nitrogen and oxygen atoms in total. The number of hydrogen-bond acceptors (Lipinski definition) is 7. The van der Waals surface area contributed by atoms with E-state index >= 15 is 4.39 Å². The Morgan fingerprint density at radius 3 is 2.47 bits per heavy atom. The lowest BCUT2D eigenvalue weighted by Gasteiger charge is -2.29. The maximum Gasteiger partial charge on any atom is 0.318 e. The average Bonchev–Trinajstić information content (AvgIpc) is 3.39. The number of fused-ring (bicyclic) bond motifs is 4. The maximum atomic E-state index is 15.2. The Bertz CT molecular complexity index is 1890. The number of ether oxygens (including phenoxy) is 2. The Balaban J connectivity index is 1.30. The normalized spacial score (nSPS) is 18.3. The Hall–Kier alpha value is -3.98. The van der Waals surface area contributed by atoms with Crippen LogP contribution < -0.4 is 14.4 Å². The van der Waals surface area contributed by atoms with Crippen LogP contribution >= 0.6 is 0 Å². The SMILES string of the molecule is CCc1c(F)ccc2cc(OC)cc(-c3cc4nc(OCC5(CN6CCCC6)CC5)nc(N5CCCCC5)c4c4ccnn34)c12. The Morgan fingerprint density at radius 1 is 0.911 bits per heavy atom. The number of likely N-dealkylation sites (tertiary alicyclic amines) is 1. The summed E-state index contributed by atoms with van der Waals surface area (Å²) in [6.07, 6.45) is 10.9. The monoisotopic (exact) mass is 608 g/mol. The maximum absolute atomic E-state index is 15.2. The number of aryl methyl sites for hydroxylation is 1. The van der Waals surface area contributed by atoms with Crippen LogP contribution in [0.3, 0.4) is 0 Å². The third-order valence-electron chi connectivity index (χ3n) is 10.2. The number of anilines is 1. The smallest absolute Gasteiger partial charge is 0.318 e. The molecule has 2 saturated heterocycles. The van der Waals surface area contributed by atoms with Gasteiger partial charge >= 0.3 is 6.01 Å². The molecule has 45 heavy (non-hydrogen) atoms. The van der Waals surface area contributed by atoms with Crippen LogP contribution in [0.5, 0.6) is 11.8 Å². The van der Waals surface area contributed by atoms with E-state index in [2.05, 4.69) is 15.9 Å². The molecule has 3 fully saturated rings. The summed E-state index contributed by atoms with van der Waals surface area (Å²) in [5.41, 5.74) is 4.30. The van der Waals surface area contributed by atoms with E-state index in [9.17, 15) is 0 Å². The standard InChI is InChI=1S/C36H41FN6O2/c1-3-26-28(37)10-9-24-19-25(44-2)20-27(32(24)26)31-21-29-33(30-11-14-38-43(30)31)34(42-17-5-4-6-18-42)40-35(39-29)45-23-36(12-13-36)22-41-15-7-8-16-41/h9-11,14,19-21H,3-8,12-13,15-18,22-23H2,1-2H3. The van der Waals surface area contributed by atoms with Crippen LogP contribution in [-0.2, 0) is 6.42 Å². The van der Waals surface area contributed by atoms with Gasteiger partial charge in [0.2, 0.25) is 0 Å². The molecule has 9 heteroatoms. The van der Waals surface area contributed by atoms with Crippen molar-refractivity contribution in [1.29, 1.82) is 0 Å². The van der Waals surface area contributed by atoms with Gasteiger partial charge in [-0.1, -0.05) is 13.0 Å². The lowest BCUT2D eigenvalue weighted by molar-refractivity contribution is 0.170. The van der Waals surface area contributed by atoms with Gasteiger partial charge in [0, 0.05) is 30.6 Å². The minimum Gasteiger partial charge on any atom is -0.497 e. The van der Waals surface area contributed by atoms with E-state index in [0.29, 0.717) is 30.4 Å². The molecule has 0 amide bonds. The summed E-state index contributed by atoms with van der Waals surface area (Å²) in [5, 5.41) is 7.56. The number of halogens is 1. The highest BCUT2D eigenvalue weighted by Gasteiger charge is 2.45. The molecule has 0 N–H and O–H groups in total. The van der Waals surface area contributed by atoms with Crippen LogP contribution in [0.15, 0.2) is 42.6 Å². The van der Waals surface area contributed by atoms with E-state index in [-0.39, 0.29) is 11.2 Å². The molecule has 8 rings (SSSR count). The zero-order valence-electron chi connectivity index (χ0n) is 26.3. The lowest BCUT2D eigenvalue weighted by Crippen LogP contribution is -2.32. The highest BCUT2D eigenvalue weighted by Crippen LogP contribution is 2.47. The van der Waals surface area contributed by atoms with Crippen molar-refractivity contribution in [3.05, 3.63) is 54.0 Å². The number of benzene rings is 2. The molecule has 234 valence electrons. The fourth-order valence-corrected chi connectivity index (χ4v) is 7.57. The van der Waals surface area contributed by atoms with Crippen LogP contribution in [0.4, 0.5) is 10.2 Å². The molecule has 5 heterocycles. The van der Waals surface area contributed by atoms with Crippen LogP contribution in [-0.4, -0.2) is 70.9 Å². The van der Waals surface area contributed by atoms with Gasteiger partial charge in [0.05, 0.1) is 42.0 Å². The summed E-state index contributed by atoms with van der Waals surface area (Å²) in [6, 6.07) is 11.9. The van der Waals surface area contributed by atoms with Crippen molar-refractivity contribution < 1.29 is 13.9 Å². The number of hydrogen-bond donors (Lipinski definition) is 0. The molecule has 3 aliphatic rings. The zero-order valence-corrected chi connectivity index (χ0v) is 26.3. The van der Waals surface area contributed by atoms with Crippen molar-refractivity contribution >= 4 is 33.0 Å². The molecule has 0 radical (unpaired) electrons. The number of piperidine rings is 1. The van der Waals surface area contributed by atoms with Gasteiger partial charge in [0.25, 0.3) is 0 Å². The van der Waals surface area contributed by atoms with E-state index in [1.807, 2.05) is 41.9 Å². The molecule has 1 saturated carbocycles. The summed E-state index contributed by atoms with van der Waals surface area (Å²) in [7, 11) is 1.66. The zero-order chi connectivity index (χ0) is 30.5. The number of nitrogens with zero attached hydrogens (tertiary/aromatic N) is 6. The molecule has 2 aromatic carbocycles. The Morgan fingerprint density at radius 2 is 1.71 bits per heavy atom. The highest BCUT2D eigenvalue weighted by atomic mass is 19.1. The molecule has 5 aromatic rings. The van der Waals surface area contributed by atoms with E-state index in [1.54, 1.807) is 13.2 Å². The van der Waals surface area contributed by atoms with Crippen LogP contribution in [0.1, 0.15) is 57.4 Å². The predicted molar refractivity (Wildman–Crippen MR) is 176 cm³/mol. The number of methoxy groups -OCH3 is 1. The second-order valence-electron chi connectivity index (χ2n) is 13.2. The fraction of sp³-hybridized carbons (Fsp3) is 0.472. The molecule has 0 atom stereocenters. The molecule has 3 aromatic heterocycles. The van der Waals surface area contributed by atoms with E-state index in [1.165, 1.54) is 45.2 Å². The van der Waals surface area contributed by atoms with Gasteiger partial charge in [0.15, 0.2) is 0 Å². The third-order valence-corrected chi connectivity index (χ3v) is 10.2. The summed E-state index contributed by atoms with van der Waals surface area (Å²) >= 11 is 0. The van der Waals surface area contributed by atoms with Gasteiger partial charge in [-0.15, -0.1) is 0 Å². The second-order valence-corrected chi connectivity index (χ2v) is 13.2. The summed E-state index contributed by atoms with van der Waals surface area (Å²) in [5.74, 6) is 1.41. The minimum absolute atomic E-state index is 0.203.